The molecule has 0 saturated heterocycles. The van der Waals surface area contributed by atoms with Crippen molar-refractivity contribution in [2.75, 3.05) is 19.5 Å². The molecule has 0 aliphatic rings. The summed E-state index contributed by atoms with van der Waals surface area (Å²) in [6.45, 7) is 2.06. The average molecular weight is 288 g/mol. The summed E-state index contributed by atoms with van der Waals surface area (Å²) < 4.78 is 15.6. The van der Waals surface area contributed by atoms with E-state index in [1.807, 2.05) is 0 Å². The van der Waals surface area contributed by atoms with Gasteiger partial charge in [-0.3, -0.25) is 0 Å². The van der Waals surface area contributed by atoms with Gasteiger partial charge in [-0.25, -0.2) is 9.78 Å². The summed E-state index contributed by atoms with van der Waals surface area (Å²) in [7, 11) is 1.56. The van der Waals surface area contributed by atoms with Crippen molar-refractivity contribution in [3.05, 3.63) is 42.1 Å². The smallest absolute Gasteiger partial charge is 0.339 e. The van der Waals surface area contributed by atoms with E-state index in [2.05, 4.69) is 4.98 Å². The predicted octanol–water partition coefficient (Wildman–Crippen LogP) is 2.64. The third kappa shape index (κ3) is 3.62. The Bertz CT molecular complexity index is 626. The van der Waals surface area contributed by atoms with E-state index < -0.39 is 5.97 Å². The first-order valence-corrected chi connectivity index (χ1v) is 6.38. The summed E-state index contributed by atoms with van der Waals surface area (Å²) in [6.07, 6.45) is 1.39. The number of ether oxygens (including phenoxy) is 3. The number of aromatic nitrogens is 1. The first-order valence-electron chi connectivity index (χ1n) is 6.38. The minimum atomic E-state index is -0.419. The average Bonchev–Trinajstić information content (AvgIpc) is 2.50. The van der Waals surface area contributed by atoms with E-state index in [-0.39, 0.29) is 0 Å². The van der Waals surface area contributed by atoms with Gasteiger partial charge in [-0.1, -0.05) is 0 Å². The molecule has 0 atom stereocenters. The van der Waals surface area contributed by atoms with E-state index >= 15 is 0 Å². The van der Waals surface area contributed by atoms with Crippen molar-refractivity contribution in [3.63, 3.8) is 0 Å². The van der Waals surface area contributed by atoms with Crippen LogP contribution in [0.3, 0.4) is 0 Å². The van der Waals surface area contributed by atoms with Gasteiger partial charge < -0.3 is 19.9 Å². The lowest BCUT2D eigenvalue weighted by Crippen LogP contribution is -2.05. The number of rotatable bonds is 5. The van der Waals surface area contributed by atoms with Gasteiger partial charge in [0.05, 0.1) is 25.0 Å². The van der Waals surface area contributed by atoms with Gasteiger partial charge >= 0.3 is 5.97 Å². The number of nitrogens with zero attached hydrogens (tertiary/aromatic N) is 1. The number of nitrogen functional groups attached to an aromatic ring is 1. The Hall–Kier alpha value is -2.76. The second-order valence-electron chi connectivity index (χ2n) is 4.11. The third-order valence-corrected chi connectivity index (χ3v) is 2.68. The largest absolute Gasteiger partial charge is 0.497 e. The van der Waals surface area contributed by atoms with Gasteiger partial charge in [0.15, 0.2) is 5.75 Å². The highest BCUT2D eigenvalue weighted by Gasteiger charge is 2.09. The molecule has 0 saturated carbocycles. The molecule has 0 spiro atoms. The fourth-order valence-corrected chi connectivity index (χ4v) is 1.62. The maximum absolute atomic E-state index is 11.5. The second-order valence-corrected chi connectivity index (χ2v) is 4.11. The van der Waals surface area contributed by atoms with Crippen molar-refractivity contribution in [3.8, 4) is 17.4 Å². The fourth-order valence-electron chi connectivity index (χ4n) is 1.62. The maximum Gasteiger partial charge on any atom is 0.339 e. The molecule has 2 N–H and O–H groups in total. The first-order chi connectivity index (χ1) is 10.1. The Balaban J connectivity index is 2.15. The molecule has 2 aromatic rings. The molecule has 0 amide bonds. The van der Waals surface area contributed by atoms with Crippen LogP contribution in [0.2, 0.25) is 0 Å². The highest BCUT2D eigenvalue weighted by molar-refractivity contribution is 5.89. The van der Waals surface area contributed by atoms with Crippen molar-refractivity contribution >= 4 is 11.7 Å². The zero-order valence-electron chi connectivity index (χ0n) is 11.8. The van der Waals surface area contributed by atoms with Gasteiger partial charge in [0.2, 0.25) is 5.88 Å². The molecule has 1 aromatic heterocycles. The van der Waals surface area contributed by atoms with Crippen molar-refractivity contribution in [1.29, 1.82) is 0 Å². The van der Waals surface area contributed by atoms with Crippen LogP contribution in [0.5, 0.6) is 17.4 Å². The van der Waals surface area contributed by atoms with Gasteiger partial charge in [0.25, 0.3) is 0 Å². The predicted molar refractivity (Wildman–Crippen MR) is 77.7 cm³/mol. The van der Waals surface area contributed by atoms with Crippen molar-refractivity contribution in [2.45, 2.75) is 6.92 Å². The van der Waals surface area contributed by atoms with Gasteiger partial charge in [-0.05, 0) is 25.1 Å². The molecule has 1 aromatic carbocycles. The molecular formula is C15H16N2O4. The van der Waals surface area contributed by atoms with Crippen LogP contribution in [0, 0.1) is 0 Å². The van der Waals surface area contributed by atoms with Crippen LogP contribution in [0.4, 0.5) is 5.69 Å². The lowest BCUT2D eigenvalue weighted by molar-refractivity contribution is 0.0526. The molecule has 21 heavy (non-hydrogen) atoms. The fraction of sp³-hybridized carbons (Fsp3) is 0.200. The third-order valence-electron chi connectivity index (χ3n) is 2.68. The van der Waals surface area contributed by atoms with Crippen molar-refractivity contribution in [1.82, 2.24) is 4.98 Å². The minimum absolute atomic E-state index is 0.317. The Morgan fingerprint density at radius 1 is 1.29 bits per heavy atom. The molecule has 6 nitrogen and oxygen atoms in total. The number of anilines is 1. The number of esters is 1. The molecule has 0 fully saturated rings. The SMILES string of the molecule is CCOC(=O)c1ccc(Oc2cc(OC)ccc2N)nc1. The molecule has 0 aliphatic carbocycles. The van der Waals surface area contributed by atoms with Crippen molar-refractivity contribution in [2.24, 2.45) is 0 Å². The molecule has 0 aliphatic heterocycles. The van der Waals surface area contributed by atoms with E-state index in [4.69, 9.17) is 19.9 Å². The lowest BCUT2D eigenvalue weighted by Gasteiger charge is -2.09. The number of carbonyl (C=O) groups excluding carboxylic acids is 1. The van der Waals surface area contributed by atoms with E-state index in [0.717, 1.165) is 0 Å². The Morgan fingerprint density at radius 3 is 2.71 bits per heavy atom. The highest BCUT2D eigenvalue weighted by Crippen LogP contribution is 2.30. The molecule has 0 unspecified atom stereocenters. The van der Waals surface area contributed by atoms with Crippen molar-refractivity contribution < 1.29 is 19.0 Å². The quantitative estimate of drug-likeness (QED) is 0.672. The van der Waals surface area contributed by atoms with Gasteiger partial charge in [0.1, 0.15) is 5.75 Å². The molecule has 2 rings (SSSR count). The Kier molecular flexibility index (Phi) is 4.61. The second kappa shape index (κ2) is 6.60. The highest BCUT2D eigenvalue weighted by atomic mass is 16.5. The molecule has 0 radical (unpaired) electrons. The normalized spacial score (nSPS) is 10.0. The standard InChI is InChI=1S/C15H16N2O4/c1-3-20-15(18)10-4-7-14(17-9-10)21-13-8-11(19-2)5-6-12(13)16/h4-9H,3,16H2,1-2H3. The topological polar surface area (TPSA) is 83.7 Å². The Labute approximate surface area is 122 Å². The van der Waals surface area contributed by atoms with Gasteiger partial charge in [-0.15, -0.1) is 0 Å². The van der Waals surface area contributed by atoms with Crippen LogP contribution in [0.15, 0.2) is 36.5 Å². The molecule has 0 bridgehead atoms. The van der Waals surface area contributed by atoms with Crippen LogP contribution >= 0.6 is 0 Å². The van der Waals surface area contributed by atoms with Gasteiger partial charge in [-0.2, -0.15) is 0 Å². The molecular weight excluding hydrogens is 272 g/mol. The number of hydrogen-bond acceptors (Lipinski definition) is 6. The lowest BCUT2D eigenvalue weighted by atomic mass is 10.2. The van der Waals surface area contributed by atoms with E-state index in [1.54, 1.807) is 44.4 Å². The summed E-state index contributed by atoms with van der Waals surface area (Å²) in [6, 6.07) is 8.23. The van der Waals surface area contributed by atoms with Crippen LogP contribution in [-0.4, -0.2) is 24.7 Å². The van der Waals surface area contributed by atoms with Gasteiger partial charge in [0, 0.05) is 18.3 Å². The van der Waals surface area contributed by atoms with E-state index in [1.165, 1.54) is 6.20 Å². The number of pyridine rings is 1. The number of benzene rings is 1. The summed E-state index contributed by atoms with van der Waals surface area (Å²) >= 11 is 0. The number of methoxy groups -OCH3 is 1. The van der Waals surface area contributed by atoms with Crippen LogP contribution in [-0.2, 0) is 4.74 Å². The van der Waals surface area contributed by atoms with Crippen LogP contribution in [0.25, 0.3) is 0 Å². The molecule has 110 valence electrons. The zero-order chi connectivity index (χ0) is 15.2. The number of hydrogen-bond donors (Lipinski definition) is 1. The summed E-state index contributed by atoms with van der Waals surface area (Å²) in [5.41, 5.74) is 6.66. The molecule has 6 heteroatoms. The minimum Gasteiger partial charge on any atom is -0.497 e. The monoisotopic (exact) mass is 288 g/mol. The molecule has 1 heterocycles. The summed E-state index contributed by atoms with van der Waals surface area (Å²) in [5, 5.41) is 0. The van der Waals surface area contributed by atoms with Crippen LogP contribution < -0.4 is 15.2 Å². The van der Waals surface area contributed by atoms with Crippen LogP contribution in [0.1, 0.15) is 17.3 Å². The zero-order valence-corrected chi connectivity index (χ0v) is 11.8. The van der Waals surface area contributed by atoms with E-state index in [9.17, 15) is 4.79 Å². The first kappa shape index (κ1) is 14.6. The summed E-state index contributed by atoms with van der Waals surface area (Å²) in [4.78, 5) is 15.6. The summed E-state index contributed by atoms with van der Waals surface area (Å²) in [5.74, 6) is 0.966. The number of nitrogens with two attached hydrogens (primary N) is 1. The number of carbonyl (C=O) groups is 1. The van der Waals surface area contributed by atoms with E-state index in [0.29, 0.717) is 35.2 Å². The maximum atomic E-state index is 11.5. The Morgan fingerprint density at radius 2 is 2.10 bits per heavy atom.